The van der Waals surface area contributed by atoms with Crippen LogP contribution in [0.25, 0.3) is 5.70 Å². The number of halogens is 3. The zero-order chi connectivity index (χ0) is 30.6. The molecule has 1 aromatic rings. The van der Waals surface area contributed by atoms with Gasteiger partial charge in [-0.3, -0.25) is 10.1 Å². The van der Waals surface area contributed by atoms with Crippen LogP contribution < -0.4 is 10.6 Å². The molecular formula is C30H42F3N5O3. The number of nitrogens with zero attached hydrogens (tertiary/aromatic N) is 1. The number of H-pyrrole nitrogens is 1. The van der Waals surface area contributed by atoms with E-state index in [4.69, 9.17) is 10.1 Å². The van der Waals surface area contributed by atoms with E-state index in [9.17, 15) is 22.8 Å². The van der Waals surface area contributed by atoms with Crippen molar-refractivity contribution in [3.63, 3.8) is 0 Å². The van der Waals surface area contributed by atoms with Crippen LogP contribution in [0.5, 0.6) is 0 Å². The topological polar surface area (TPSA) is 120 Å². The molecule has 0 aromatic carbocycles. The predicted molar refractivity (Wildman–Crippen MR) is 154 cm³/mol. The highest BCUT2D eigenvalue weighted by atomic mass is 19.4. The lowest BCUT2D eigenvalue weighted by atomic mass is 9.88. The SMILES string of the molecule is CC(C)=CC(=N)CC1CCCNC1=O.Cc1ncc(/C(=C/CC(C)(C)C(F)(F)F)NC(=O)OCC2=CCCC=C2)[nH]1. The monoisotopic (exact) mass is 577 g/mol. The van der Waals surface area contributed by atoms with Gasteiger partial charge < -0.3 is 20.4 Å². The Kier molecular flexibility index (Phi) is 12.6. The van der Waals surface area contributed by atoms with Crippen LogP contribution in [0, 0.1) is 23.7 Å². The minimum Gasteiger partial charge on any atom is -0.444 e. The number of rotatable bonds is 9. The normalized spacial score (nSPS) is 17.5. The average Bonchev–Trinajstić information content (AvgIpc) is 3.32. The predicted octanol–water partition coefficient (Wildman–Crippen LogP) is 6.93. The van der Waals surface area contributed by atoms with Gasteiger partial charge in [0.1, 0.15) is 12.4 Å². The Morgan fingerprint density at radius 3 is 2.56 bits per heavy atom. The summed E-state index contributed by atoms with van der Waals surface area (Å²) in [5.74, 6) is 0.716. The first-order valence-electron chi connectivity index (χ1n) is 13.8. The van der Waals surface area contributed by atoms with Gasteiger partial charge in [-0.1, -0.05) is 43.7 Å². The molecule has 2 heterocycles. The Balaban J connectivity index is 0.000000353. The number of ether oxygens (including phenoxy) is 1. The molecule has 3 rings (SSSR count). The van der Waals surface area contributed by atoms with Crippen LogP contribution in [0.2, 0.25) is 0 Å². The second-order valence-corrected chi connectivity index (χ2v) is 11.1. The number of aryl methyl sites for hydroxylation is 1. The van der Waals surface area contributed by atoms with Gasteiger partial charge in [-0.25, -0.2) is 9.78 Å². The fraction of sp³-hybridized carbons (Fsp3) is 0.533. The number of alkyl carbamates (subject to hydrolysis) is 1. The van der Waals surface area contributed by atoms with E-state index < -0.39 is 17.7 Å². The molecule has 41 heavy (non-hydrogen) atoms. The molecule has 0 radical (unpaired) electrons. The van der Waals surface area contributed by atoms with Crippen molar-refractivity contribution >= 4 is 23.4 Å². The molecule has 1 aromatic heterocycles. The third-order valence-corrected chi connectivity index (χ3v) is 6.58. The fourth-order valence-corrected chi connectivity index (χ4v) is 4.03. The van der Waals surface area contributed by atoms with Gasteiger partial charge in [0.2, 0.25) is 5.91 Å². The molecule has 1 saturated heterocycles. The number of nitrogens with one attached hydrogen (secondary N) is 4. The van der Waals surface area contributed by atoms with Gasteiger partial charge in [0.15, 0.2) is 0 Å². The second kappa shape index (κ2) is 15.4. The van der Waals surface area contributed by atoms with Crippen molar-refractivity contribution < 1.29 is 27.5 Å². The van der Waals surface area contributed by atoms with Crippen molar-refractivity contribution in [2.24, 2.45) is 11.3 Å². The van der Waals surface area contributed by atoms with Crippen LogP contribution in [0.1, 0.15) is 77.7 Å². The van der Waals surface area contributed by atoms with E-state index in [-0.39, 0.29) is 30.5 Å². The van der Waals surface area contributed by atoms with Crippen molar-refractivity contribution in [1.82, 2.24) is 20.6 Å². The molecule has 11 heteroatoms. The molecule has 0 saturated carbocycles. The Labute approximate surface area is 240 Å². The van der Waals surface area contributed by atoms with Gasteiger partial charge in [0.05, 0.1) is 23.0 Å². The average molecular weight is 578 g/mol. The molecule has 1 atom stereocenters. The minimum absolute atomic E-state index is 0.0202. The lowest BCUT2D eigenvalue weighted by molar-refractivity contribution is -0.210. The number of amides is 2. The van der Waals surface area contributed by atoms with E-state index in [0.29, 0.717) is 23.7 Å². The van der Waals surface area contributed by atoms with Crippen molar-refractivity contribution in [2.75, 3.05) is 13.2 Å². The molecule has 0 bridgehead atoms. The lowest BCUT2D eigenvalue weighted by Gasteiger charge is -2.26. The standard InChI is InChI=1S/C19H24F3N3O2.C11H18N2O/c1-13-23-11-16(24-13)15(9-10-18(2,3)19(20,21)22)25-17(26)27-12-14-7-5-4-6-8-14;1-8(2)6-10(12)7-9-4-3-5-13-11(9)14/h5,7-9,11H,4,6,10,12H2,1-3H3,(H,23,24)(H,25,26);6,9,12H,3-5,7H2,1-2H3,(H,13,14)/b15-9-;. The number of hydrogen-bond donors (Lipinski definition) is 4. The van der Waals surface area contributed by atoms with Gasteiger partial charge in [-0.05, 0) is 64.5 Å². The third-order valence-electron chi connectivity index (χ3n) is 6.58. The number of imidazole rings is 1. The summed E-state index contributed by atoms with van der Waals surface area (Å²) in [5.41, 5.74) is 1.25. The minimum atomic E-state index is -4.36. The zero-order valence-electron chi connectivity index (χ0n) is 24.5. The number of allylic oxidation sites excluding steroid dienone is 5. The Morgan fingerprint density at radius 2 is 2.00 bits per heavy atom. The molecule has 1 fully saturated rings. The molecule has 0 spiro atoms. The van der Waals surface area contributed by atoms with E-state index in [1.807, 2.05) is 38.2 Å². The quantitative estimate of drug-likeness (QED) is 0.238. The van der Waals surface area contributed by atoms with Gasteiger partial charge in [-0.15, -0.1) is 0 Å². The van der Waals surface area contributed by atoms with E-state index in [1.165, 1.54) is 12.3 Å². The maximum absolute atomic E-state index is 13.1. The number of piperidine rings is 1. The molecule has 1 aliphatic heterocycles. The molecule has 4 N–H and O–H groups in total. The summed E-state index contributed by atoms with van der Waals surface area (Å²) in [7, 11) is 0. The van der Waals surface area contributed by atoms with Gasteiger partial charge in [0.25, 0.3) is 0 Å². The molecule has 2 amide bonds. The van der Waals surface area contributed by atoms with E-state index >= 15 is 0 Å². The van der Waals surface area contributed by atoms with E-state index in [1.54, 1.807) is 6.92 Å². The Morgan fingerprint density at radius 1 is 1.27 bits per heavy atom. The first-order valence-corrected chi connectivity index (χ1v) is 13.8. The van der Waals surface area contributed by atoms with Crippen LogP contribution in [0.4, 0.5) is 18.0 Å². The third kappa shape index (κ3) is 11.8. The maximum Gasteiger partial charge on any atom is 0.412 e. The molecular weight excluding hydrogens is 535 g/mol. The van der Waals surface area contributed by atoms with Crippen molar-refractivity contribution in [1.29, 1.82) is 5.41 Å². The lowest BCUT2D eigenvalue weighted by Crippen LogP contribution is -2.37. The summed E-state index contributed by atoms with van der Waals surface area (Å²) in [5, 5.41) is 13.0. The number of alkyl halides is 3. The smallest absolute Gasteiger partial charge is 0.412 e. The van der Waals surface area contributed by atoms with Crippen LogP contribution in [-0.4, -0.2) is 47.0 Å². The van der Waals surface area contributed by atoms with Crippen molar-refractivity contribution in [3.05, 3.63) is 59.2 Å². The molecule has 1 aliphatic carbocycles. The second-order valence-electron chi connectivity index (χ2n) is 11.1. The highest BCUT2D eigenvalue weighted by Crippen LogP contribution is 2.41. The first kappa shape index (κ1) is 33.6. The number of carbonyl (C=O) groups is 2. The van der Waals surface area contributed by atoms with Gasteiger partial charge in [-0.2, -0.15) is 13.2 Å². The number of carbonyl (C=O) groups excluding carboxylic acids is 2. The maximum atomic E-state index is 13.1. The summed E-state index contributed by atoms with van der Waals surface area (Å²) >= 11 is 0. The number of aromatic nitrogens is 2. The Hall–Kier alpha value is -3.63. The highest BCUT2D eigenvalue weighted by Gasteiger charge is 2.46. The van der Waals surface area contributed by atoms with Crippen molar-refractivity contribution in [2.45, 2.75) is 79.3 Å². The highest BCUT2D eigenvalue weighted by molar-refractivity contribution is 5.96. The summed E-state index contributed by atoms with van der Waals surface area (Å²) < 4.78 is 44.5. The van der Waals surface area contributed by atoms with E-state index in [2.05, 4.69) is 20.6 Å². The molecule has 8 nitrogen and oxygen atoms in total. The van der Waals surface area contributed by atoms with Gasteiger partial charge in [0, 0.05) is 24.6 Å². The molecule has 1 unspecified atom stereocenters. The number of hydrogen-bond acceptors (Lipinski definition) is 5. The largest absolute Gasteiger partial charge is 0.444 e. The first-order chi connectivity index (χ1) is 19.2. The summed E-state index contributed by atoms with van der Waals surface area (Å²) in [6.45, 7) is 8.77. The van der Waals surface area contributed by atoms with Crippen LogP contribution in [0.3, 0.4) is 0 Å². The fourth-order valence-electron chi connectivity index (χ4n) is 4.03. The summed E-state index contributed by atoms with van der Waals surface area (Å²) in [6, 6.07) is 0. The van der Waals surface area contributed by atoms with Crippen LogP contribution >= 0.6 is 0 Å². The van der Waals surface area contributed by atoms with Gasteiger partial charge >= 0.3 is 12.3 Å². The van der Waals surface area contributed by atoms with Crippen LogP contribution in [0.15, 0.2) is 47.7 Å². The number of aromatic amines is 1. The van der Waals surface area contributed by atoms with Crippen molar-refractivity contribution in [3.8, 4) is 0 Å². The summed E-state index contributed by atoms with van der Waals surface area (Å²) in [4.78, 5) is 30.4. The summed E-state index contributed by atoms with van der Waals surface area (Å²) in [6.07, 6.45) is 9.46. The van der Waals surface area contributed by atoms with E-state index in [0.717, 1.165) is 57.2 Å². The molecule has 2 aliphatic rings. The Bertz CT molecular complexity index is 1190. The van der Waals surface area contributed by atoms with Crippen LogP contribution in [-0.2, 0) is 9.53 Å². The zero-order valence-corrected chi connectivity index (χ0v) is 24.5. The molecule has 226 valence electrons.